The molecule has 0 radical (unpaired) electrons. The Morgan fingerprint density at radius 1 is 0.727 bits per heavy atom. The van der Waals surface area contributed by atoms with E-state index in [0.29, 0.717) is 35.6 Å². The summed E-state index contributed by atoms with van der Waals surface area (Å²) < 4.78 is 0. The van der Waals surface area contributed by atoms with Crippen LogP contribution in [0.3, 0.4) is 0 Å². The van der Waals surface area contributed by atoms with Crippen LogP contribution in [0.4, 0.5) is 0 Å². The molecule has 0 aromatic carbocycles. The van der Waals surface area contributed by atoms with E-state index in [1.165, 1.54) is 32.1 Å². The van der Waals surface area contributed by atoms with Gasteiger partial charge in [0.25, 0.3) is 0 Å². The van der Waals surface area contributed by atoms with Crippen LogP contribution in [0, 0.1) is 56.2 Å². The van der Waals surface area contributed by atoms with Crippen molar-refractivity contribution in [2.45, 2.75) is 112 Å². The van der Waals surface area contributed by atoms with Crippen LogP contribution in [0.25, 0.3) is 0 Å². The molecule has 0 amide bonds. The number of ketones is 1. The lowest BCUT2D eigenvalue weighted by Crippen LogP contribution is -2.68. The minimum absolute atomic E-state index is 0.00432. The topological polar surface area (TPSA) is 57.5 Å². The standard InChI is InChI=1S/C30H50O3/c1-20-21(33)7-8-22-26(20,3)10-9-23-27(22,4)12-13-29(6)24-17-25(2,18-31)11-15-30(24,19-32)16-14-28(23,29)5/h20,22-24,31-32H,7-19H2,1-6H3/t20-,22?,23?,24-,25-,26+,27-,28+,29-,30+/m0/s1. The summed E-state index contributed by atoms with van der Waals surface area (Å²) in [5.74, 6) is 2.53. The van der Waals surface area contributed by atoms with Crippen LogP contribution in [0.15, 0.2) is 0 Å². The molecule has 5 saturated carbocycles. The zero-order valence-electron chi connectivity index (χ0n) is 22.3. The molecule has 188 valence electrons. The number of hydrogen-bond donors (Lipinski definition) is 2. The number of Topliss-reactive ketones (excluding diaryl/α,β-unsaturated/α-hetero) is 1. The molecule has 0 spiro atoms. The molecular weight excluding hydrogens is 408 g/mol. The summed E-state index contributed by atoms with van der Waals surface area (Å²) in [7, 11) is 0. The first-order chi connectivity index (χ1) is 15.3. The molecule has 10 atom stereocenters. The molecule has 2 N–H and O–H groups in total. The fourth-order valence-electron chi connectivity index (χ4n) is 11.3. The van der Waals surface area contributed by atoms with Crippen molar-refractivity contribution in [2.75, 3.05) is 13.2 Å². The molecule has 33 heavy (non-hydrogen) atoms. The highest BCUT2D eigenvalue weighted by Crippen LogP contribution is 2.78. The van der Waals surface area contributed by atoms with E-state index in [-0.39, 0.29) is 39.6 Å². The lowest BCUT2D eigenvalue weighted by atomic mass is 9.30. The monoisotopic (exact) mass is 458 g/mol. The fourth-order valence-corrected chi connectivity index (χ4v) is 11.3. The summed E-state index contributed by atoms with van der Waals surface area (Å²) in [5.41, 5.74) is 0.988. The van der Waals surface area contributed by atoms with Crippen molar-refractivity contribution in [2.24, 2.45) is 56.2 Å². The Morgan fingerprint density at radius 2 is 1.36 bits per heavy atom. The summed E-state index contributed by atoms with van der Waals surface area (Å²) in [6.45, 7) is 15.4. The average molecular weight is 459 g/mol. The van der Waals surface area contributed by atoms with Crippen molar-refractivity contribution >= 4 is 5.78 Å². The van der Waals surface area contributed by atoms with E-state index < -0.39 is 0 Å². The Bertz CT molecular complexity index is 823. The zero-order valence-corrected chi connectivity index (χ0v) is 22.3. The van der Waals surface area contributed by atoms with Gasteiger partial charge < -0.3 is 10.2 Å². The summed E-state index contributed by atoms with van der Waals surface area (Å²) in [4.78, 5) is 12.7. The van der Waals surface area contributed by atoms with Crippen LogP contribution in [-0.2, 0) is 4.79 Å². The highest BCUT2D eigenvalue weighted by Gasteiger charge is 2.71. The van der Waals surface area contributed by atoms with E-state index in [0.717, 1.165) is 38.5 Å². The van der Waals surface area contributed by atoms with Crippen LogP contribution < -0.4 is 0 Å². The number of carbonyl (C=O) groups excluding carboxylic acids is 1. The minimum Gasteiger partial charge on any atom is -0.396 e. The van der Waals surface area contributed by atoms with Crippen molar-refractivity contribution in [3.8, 4) is 0 Å². The second-order valence-electron chi connectivity index (χ2n) is 15.0. The van der Waals surface area contributed by atoms with Gasteiger partial charge in [0.2, 0.25) is 0 Å². The highest BCUT2D eigenvalue weighted by atomic mass is 16.3. The lowest BCUT2D eigenvalue weighted by molar-refractivity contribution is -0.264. The van der Waals surface area contributed by atoms with Crippen molar-refractivity contribution in [1.82, 2.24) is 0 Å². The maximum absolute atomic E-state index is 12.7. The van der Waals surface area contributed by atoms with E-state index in [1.807, 2.05) is 0 Å². The van der Waals surface area contributed by atoms with Crippen LogP contribution in [0.5, 0.6) is 0 Å². The molecule has 0 saturated heterocycles. The van der Waals surface area contributed by atoms with Gasteiger partial charge in [-0.1, -0.05) is 41.5 Å². The van der Waals surface area contributed by atoms with Gasteiger partial charge in [0.05, 0.1) is 0 Å². The van der Waals surface area contributed by atoms with E-state index in [2.05, 4.69) is 41.5 Å². The third kappa shape index (κ3) is 2.90. The predicted octanol–water partition coefficient (Wildman–Crippen LogP) is 6.40. The quantitative estimate of drug-likeness (QED) is 0.503. The van der Waals surface area contributed by atoms with Crippen LogP contribution >= 0.6 is 0 Å². The van der Waals surface area contributed by atoms with E-state index in [9.17, 15) is 15.0 Å². The molecule has 3 heteroatoms. The number of hydrogen-bond acceptors (Lipinski definition) is 3. The first-order valence-corrected chi connectivity index (χ1v) is 14.1. The van der Waals surface area contributed by atoms with Crippen molar-refractivity contribution in [3.05, 3.63) is 0 Å². The number of fused-ring (bicyclic) bond motifs is 7. The smallest absolute Gasteiger partial charge is 0.136 e. The second kappa shape index (κ2) is 7.31. The third-order valence-corrected chi connectivity index (χ3v) is 14.0. The van der Waals surface area contributed by atoms with Crippen molar-refractivity contribution in [1.29, 1.82) is 0 Å². The van der Waals surface area contributed by atoms with Gasteiger partial charge in [0, 0.05) is 25.6 Å². The number of aliphatic hydroxyl groups is 2. The van der Waals surface area contributed by atoms with Crippen LogP contribution in [-0.4, -0.2) is 29.2 Å². The normalized spacial score (nSPS) is 58.6. The zero-order chi connectivity index (χ0) is 24.1. The highest BCUT2D eigenvalue weighted by molar-refractivity contribution is 5.82. The molecule has 2 unspecified atom stereocenters. The van der Waals surface area contributed by atoms with E-state index in [4.69, 9.17) is 0 Å². The average Bonchev–Trinajstić information content (AvgIpc) is 2.79. The molecule has 3 nitrogen and oxygen atoms in total. The summed E-state index contributed by atoms with van der Waals surface area (Å²) in [6.07, 6.45) is 12.4. The SMILES string of the molecule is C[C@H]1C(=O)CCC2[C@]3(C)CC[C@@]4(C)[C@@H]5C[C@@](C)(CO)CC[C@]5(CO)CC[C@]4(C)C3CC[C@@]21C. The van der Waals surface area contributed by atoms with Gasteiger partial charge in [-0.3, -0.25) is 4.79 Å². The Labute approximate surface area is 202 Å². The Morgan fingerprint density at radius 3 is 2.03 bits per heavy atom. The van der Waals surface area contributed by atoms with Gasteiger partial charge in [0.1, 0.15) is 5.78 Å². The molecule has 5 rings (SSSR count). The molecule has 5 aliphatic carbocycles. The summed E-state index contributed by atoms with van der Waals surface area (Å²) in [5, 5.41) is 21.0. The summed E-state index contributed by atoms with van der Waals surface area (Å²) >= 11 is 0. The van der Waals surface area contributed by atoms with Crippen LogP contribution in [0.1, 0.15) is 112 Å². The Kier molecular flexibility index (Phi) is 5.38. The fraction of sp³-hybridized carbons (Fsp3) is 0.967. The number of carbonyl (C=O) groups is 1. The lowest BCUT2D eigenvalue weighted by Gasteiger charge is -2.75. The van der Waals surface area contributed by atoms with Crippen LogP contribution in [0.2, 0.25) is 0 Å². The second-order valence-corrected chi connectivity index (χ2v) is 15.0. The van der Waals surface area contributed by atoms with Gasteiger partial charge in [-0.15, -0.1) is 0 Å². The van der Waals surface area contributed by atoms with Crippen molar-refractivity contribution < 1.29 is 15.0 Å². The molecule has 0 bridgehead atoms. The molecular formula is C30H50O3. The Balaban J connectivity index is 1.55. The predicted molar refractivity (Wildman–Crippen MR) is 133 cm³/mol. The summed E-state index contributed by atoms with van der Waals surface area (Å²) in [6, 6.07) is 0. The Hall–Kier alpha value is -0.410. The van der Waals surface area contributed by atoms with Crippen molar-refractivity contribution in [3.63, 3.8) is 0 Å². The van der Waals surface area contributed by atoms with Gasteiger partial charge in [-0.2, -0.15) is 0 Å². The molecule has 5 aliphatic rings. The minimum atomic E-state index is -0.00432. The van der Waals surface area contributed by atoms with E-state index in [1.54, 1.807) is 0 Å². The molecule has 0 aliphatic heterocycles. The van der Waals surface area contributed by atoms with Gasteiger partial charge in [-0.05, 0) is 114 Å². The molecule has 0 aromatic rings. The van der Waals surface area contributed by atoms with Gasteiger partial charge >= 0.3 is 0 Å². The van der Waals surface area contributed by atoms with E-state index >= 15 is 0 Å². The first kappa shape index (κ1) is 24.3. The van der Waals surface area contributed by atoms with Gasteiger partial charge in [-0.25, -0.2) is 0 Å². The first-order valence-electron chi connectivity index (χ1n) is 14.1. The molecule has 0 heterocycles. The molecule has 0 aromatic heterocycles. The largest absolute Gasteiger partial charge is 0.396 e. The molecule has 5 fully saturated rings. The van der Waals surface area contributed by atoms with Gasteiger partial charge in [0.15, 0.2) is 0 Å². The number of rotatable bonds is 2. The number of aliphatic hydroxyl groups excluding tert-OH is 2. The maximum Gasteiger partial charge on any atom is 0.136 e. The third-order valence-electron chi connectivity index (χ3n) is 14.0. The maximum atomic E-state index is 12.7.